The Hall–Kier alpha value is -1.13. The first-order chi connectivity index (χ1) is 13.9. The highest BCUT2D eigenvalue weighted by atomic mass is 35.5. The van der Waals surface area contributed by atoms with Crippen LogP contribution in [0.2, 0.25) is 5.02 Å². The van der Waals surface area contributed by atoms with Crippen LogP contribution < -0.4 is 0 Å². The Bertz CT molecular complexity index is 1010. The lowest BCUT2D eigenvalue weighted by Gasteiger charge is -2.30. The van der Waals surface area contributed by atoms with Gasteiger partial charge in [0.2, 0.25) is 10.0 Å². The van der Waals surface area contributed by atoms with E-state index in [4.69, 9.17) is 11.6 Å². The third kappa shape index (κ3) is 4.34. The molecule has 2 aliphatic rings. The molecule has 0 saturated carbocycles. The molecule has 2 saturated heterocycles. The number of sulfonamides is 1. The normalized spacial score (nSPS) is 19.0. The van der Waals surface area contributed by atoms with E-state index >= 15 is 0 Å². The predicted molar refractivity (Wildman–Crippen MR) is 117 cm³/mol. The van der Waals surface area contributed by atoms with Gasteiger partial charge in [-0.15, -0.1) is 23.1 Å². The summed E-state index contributed by atoms with van der Waals surface area (Å²) in [5, 5.41) is 3.21. The maximum absolute atomic E-state index is 12.9. The summed E-state index contributed by atoms with van der Waals surface area (Å²) in [6.45, 7) is 3.49. The zero-order valence-electron chi connectivity index (χ0n) is 16.0. The van der Waals surface area contributed by atoms with Crippen molar-refractivity contribution in [2.24, 2.45) is 0 Å². The number of benzene rings is 1. The first-order valence-corrected chi connectivity index (χ1v) is 13.3. The summed E-state index contributed by atoms with van der Waals surface area (Å²) in [6, 6.07) is 4.86. The van der Waals surface area contributed by atoms with Crippen LogP contribution in [0.15, 0.2) is 28.5 Å². The number of nitrogens with zero attached hydrogens (tertiary/aromatic N) is 3. The van der Waals surface area contributed by atoms with Gasteiger partial charge >= 0.3 is 0 Å². The third-order valence-electron chi connectivity index (χ3n) is 5.37. The topological polar surface area (TPSA) is 70.6 Å². The van der Waals surface area contributed by atoms with Gasteiger partial charge in [-0.25, -0.2) is 13.4 Å². The molecule has 6 nitrogen and oxygen atoms in total. The molecule has 2 aromatic rings. The molecule has 2 aliphatic heterocycles. The fraction of sp³-hybridized carbons (Fsp3) is 0.474. The van der Waals surface area contributed by atoms with E-state index in [9.17, 15) is 13.2 Å². The number of carbonyl (C=O) groups excluding carboxylic acids is 1. The average Bonchev–Trinajstić information content (AvgIpc) is 3.42. The van der Waals surface area contributed by atoms with Crippen LogP contribution in [-0.2, 0) is 10.0 Å². The molecule has 0 bridgehead atoms. The molecule has 0 radical (unpaired) electrons. The molecule has 156 valence electrons. The van der Waals surface area contributed by atoms with Crippen LogP contribution >= 0.6 is 34.7 Å². The molecule has 2 fully saturated rings. The summed E-state index contributed by atoms with van der Waals surface area (Å²) in [4.78, 5) is 19.1. The molecule has 10 heteroatoms. The van der Waals surface area contributed by atoms with Crippen LogP contribution in [0.5, 0.6) is 0 Å². The van der Waals surface area contributed by atoms with E-state index in [-0.39, 0.29) is 16.7 Å². The van der Waals surface area contributed by atoms with Crippen LogP contribution in [0.1, 0.15) is 39.8 Å². The number of rotatable bonds is 4. The number of thioether (sulfide) groups is 1. The number of thiazole rings is 1. The van der Waals surface area contributed by atoms with Crippen molar-refractivity contribution in [1.29, 1.82) is 0 Å². The highest BCUT2D eigenvalue weighted by Crippen LogP contribution is 2.33. The molecule has 3 heterocycles. The Morgan fingerprint density at radius 2 is 2.00 bits per heavy atom. The highest BCUT2D eigenvalue weighted by Gasteiger charge is 2.32. The third-order valence-corrected chi connectivity index (χ3v) is 9.64. The van der Waals surface area contributed by atoms with E-state index < -0.39 is 10.0 Å². The maximum Gasteiger partial charge on any atom is 0.274 e. The molecule has 1 aromatic carbocycles. The molecule has 0 spiro atoms. The fourth-order valence-corrected chi connectivity index (χ4v) is 7.19. The van der Waals surface area contributed by atoms with Crippen LogP contribution in [0.3, 0.4) is 0 Å². The van der Waals surface area contributed by atoms with Crippen molar-refractivity contribution in [3.8, 4) is 0 Å². The summed E-state index contributed by atoms with van der Waals surface area (Å²) >= 11 is 9.37. The maximum atomic E-state index is 12.9. The molecule has 0 unspecified atom stereocenters. The Morgan fingerprint density at radius 1 is 1.24 bits per heavy atom. The van der Waals surface area contributed by atoms with Gasteiger partial charge in [-0.05, 0) is 37.5 Å². The zero-order chi connectivity index (χ0) is 20.6. The summed E-state index contributed by atoms with van der Waals surface area (Å²) in [5.41, 5.74) is 1.36. The summed E-state index contributed by atoms with van der Waals surface area (Å²) in [7, 11) is -3.56. The van der Waals surface area contributed by atoms with Crippen molar-refractivity contribution in [3.63, 3.8) is 0 Å². The Kier molecular flexibility index (Phi) is 6.22. The Balaban J connectivity index is 1.41. The molecule has 0 atom stereocenters. The SMILES string of the molecule is Cc1ccc(S(=O)(=O)N2CCC(c3nc(C(=O)N4CCSC4)cs3)CC2)cc1Cl. The van der Waals surface area contributed by atoms with E-state index in [0.29, 0.717) is 36.6 Å². The number of amides is 1. The zero-order valence-corrected chi connectivity index (χ0v) is 19.2. The summed E-state index contributed by atoms with van der Waals surface area (Å²) in [6.07, 6.45) is 1.39. The van der Waals surface area contributed by atoms with Gasteiger partial charge in [0, 0.05) is 41.7 Å². The predicted octanol–water partition coefficient (Wildman–Crippen LogP) is 3.82. The van der Waals surface area contributed by atoms with Crippen LogP contribution in [-0.4, -0.2) is 59.8 Å². The quantitative estimate of drug-likeness (QED) is 0.677. The standard InChI is InChI=1S/C19H22ClN3O3S3/c1-13-2-3-15(10-16(13)20)29(25,26)23-6-4-14(5-7-23)18-21-17(11-28-18)19(24)22-8-9-27-12-22/h2-3,10-11,14H,4-9,12H2,1H3. The average molecular weight is 472 g/mol. The molecule has 4 rings (SSSR count). The molecule has 1 amide bonds. The van der Waals surface area contributed by atoms with Crippen molar-refractivity contribution in [3.05, 3.63) is 44.9 Å². The van der Waals surface area contributed by atoms with Gasteiger partial charge in [0.05, 0.1) is 15.8 Å². The van der Waals surface area contributed by atoms with E-state index in [2.05, 4.69) is 4.98 Å². The molecular weight excluding hydrogens is 450 g/mol. The summed E-state index contributed by atoms with van der Waals surface area (Å²) in [5.74, 6) is 1.88. The number of aromatic nitrogens is 1. The minimum Gasteiger partial charge on any atom is -0.327 e. The number of aryl methyl sites for hydroxylation is 1. The second-order valence-electron chi connectivity index (χ2n) is 7.27. The van der Waals surface area contributed by atoms with E-state index in [1.54, 1.807) is 23.9 Å². The van der Waals surface area contributed by atoms with Crippen LogP contribution in [0.25, 0.3) is 0 Å². The van der Waals surface area contributed by atoms with Gasteiger partial charge in [-0.3, -0.25) is 4.79 Å². The molecule has 1 aromatic heterocycles. The number of hydrogen-bond donors (Lipinski definition) is 0. The van der Waals surface area contributed by atoms with Crippen molar-refractivity contribution in [2.45, 2.75) is 30.6 Å². The molecule has 0 N–H and O–H groups in total. The first kappa shape index (κ1) is 21.1. The van der Waals surface area contributed by atoms with Gasteiger partial charge in [0.15, 0.2) is 0 Å². The largest absolute Gasteiger partial charge is 0.327 e. The Labute approximate surface area is 184 Å². The van der Waals surface area contributed by atoms with Crippen LogP contribution in [0, 0.1) is 6.92 Å². The second kappa shape index (κ2) is 8.55. The van der Waals surface area contributed by atoms with Gasteiger partial charge in [-0.2, -0.15) is 4.31 Å². The lowest BCUT2D eigenvalue weighted by molar-refractivity contribution is 0.0797. The molecular formula is C19H22ClN3O3S3. The number of halogens is 1. The monoisotopic (exact) mass is 471 g/mol. The second-order valence-corrected chi connectivity index (χ2v) is 11.6. The van der Waals surface area contributed by atoms with Crippen molar-refractivity contribution < 1.29 is 13.2 Å². The molecule has 0 aliphatic carbocycles. The lowest BCUT2D eigenvalue weighted by atomic mass is 9.99. The van der Waals surface area contributed by atoms with Crippen molar-refractivity contribution >= 4 is 50.6 Å². The summed E-state index contributed by atoms with van der Waals surface area (Å²) < 4.78 is 27.4. The van der Waals surface area contributed by atoms with Crippen LogP contribution in [0.4, 0.5) is 0 Å². The van der Waals surface area contributed by atoms with Gasteiger partial charge in [0.25, 0.3) is 5.91 Å². The first-order valence-electron chi connectivity index (χ1n) is 9.45. The number of piperidine rings is 1. The minimum atomic E-state index is -3.56. The van der Waals surface area contributed by atoms with E-state index in [1.807, 2.05) is 17.2 Å². The van der Waals surface area contributed by atoms with Crippen molar-refractivity contribution in [2.75, 3.05) is 31.3 Å². The van der Waals surface area contributed by atoms with Gasteiger partial charge in [-0.1, -0.05) is 17.7 Å². The fourth-order valence-electron chi connectivity index (χ4n) is 3.54. The highest BCUT2D eigenvalue weighted by molar-refractivity contribution is 7.99. The van der Waals surface area contributed by atoms with Crippen molar-refractivity contribution in [1.82, 2.24) is 14.2 Å². The van der Waals surface area contributed by atoms with E-state index in [0.717, 1.165) is 28.7 Å². The lowest BCUT2D eigenvalue weighted by Crippen LogP contribution is -2.37. The molecule has 29 heavy (non-hydrogen) atoms. The number of hydrogen-bond acceptors (Lipinski definition) is 6. The van der Waals surface area contributed by atoms with E-state index in [1.165, 1.54) is 21.7 Å². The smallest absolute Gasteiger partial charge is 0.274 e. The van der Waals surface area contributed by atoms with Gasteiger partial charge < -0.3 is 4.90 Å². The van der Waals surface area contributed by atoms with Gasteiger partial charge in [0.1, 0.15) is 5.69 Å². The Morgan fingerprint density at radius 3 is 2.66 bits per heavy atom. The minimum absolute atomic E-state index is 0.00577. The number of carbonyl (C=O) groups is 1.